The Hall–Kier alpha value is -0.920. The highest BCUT2D eigenvalue weighted by Crippen LogP contribution is 1.82. The number of nitrogens with zero attached hydrogens (tertiary/aromatic N) is 1. The second-order valence-corrected chi connectivity index (χ2v) is 1.55. The van der Waals surface area contributed by atoms with Gasteiger partial charge in [0.1, 0.15) is 6.33 Å². The van der Waals surface area contributed by atoms with Crippen LogP contribution in [0.5, 0.6) is 0 Å². The fourth-order valence-electron chi connectivity index (χ4n) is 0.430. The van der Waals surface area contributed by atoms with Gasteiger partial charge in [0, 0.05) is 5.71 Å². The monoisotopic (exact) mass is 127 g/mol. The van der Waals surface area contributed by atoms with E-state index in [1.54, 1.807) is 13.0 Å². The molecule has 0 saturated heterocycles. The summed E-state index contributed by atoms with van der Waals surface area (Å²) in [6.45, 7) is 3.69. The third kappa shape index (κ3) is 4.94. The standard InChI is InChI=1S/C7H10FN/c1-3-4-7(2)9-6-5-8/h3-6H,1-2H3/b4-3-,6-5+,9-7-. The predicted octanol–water partition coefficient (Wildman–Crippen LogP) is 2.46. The molecule has 0 aliphatic carbocycles. The maximum atomic E-state index is 11.3. The third-order valence-electron chi connectivity index (χ3n) is 0.742. The Balaban J connectivity index is 3.84. The highest BCUT2D eigenvalue weighted by molar-refractivity contribution is 5.93. The Morgan fingerprint density at radius 2 is 2.22 bits per heavy atom. The average molecular weight is 127 g/mol. The smallest absolute Gasteiger partial charge is 0.105 e. The Morgan fingerprint density at radius 3 is 2.67 bits per heavy atom. The minimum Gasteiger partial charge on any atom is -0.259 e. The Kier molecular flexibility index (Phi) is 4.69. The molecule has 0 rings (SSSR count). The molecule has 0 bridgehead atoms. The average Bonchev–Trinajstić information content (AvgIpc) is 1.85. The van der Waals surface area contributed by atoms with Crippen LogP contribution in [0.15, 0.2) is 29.7 Å². The molecule has 0 spiro atoms. The van der Waals surface area contributed by atoms with E-state index in [1.165, 1.54) is 0 Å². The summed E-state index contributed by atoms with van der Waals surface area (Å²) in [6, 6.07) is 0. The zero-order valence-corrected chi connectivity index (χ0v) is 5.63. The number of halogens is 1. The zero-order valence-electron chi connectivity index (χ0n) is 5.63. The summed E-state index contributed by atoms with van der Waals surface area (Å²) in [4.78, 5) is 3.71. The van der Waals surface area contributed by atoms with Gasteiger partial charge in [0.15, 0.2) is 0 Å². The molecule has 0 saturated carbocycles. The molecule has 1 nitrogen and oxygen atoms in total. The Morgan fingerprint density at radius 1 is 1.56 bits per heavy atom. The van der Waals surface area contributed by atoms with Crippen LogP contribution < -0.4 is 0 Å². The van der Waals surface area contributed by atoms with Crippen LogP contribution in [0.4, 0.5) is 4.39 Å². The second kappa shape index (κ2) is 5.22. The molecule has 0 fully saturated rings. The van der Waals surface area contributed by atoms with Crippen LogP contribution in [0.25, 0.3) is 0 Å². The maximum absolute atomic E-state index is 11.3. The van der Waals surface area contributed by atoms with Crippen molar-refractivity contribution < 1.29 is 4.39 Å². The molecule has 0 aromatic carbocycles. The molecule has 0 heterocycles. The van der Waals surface area contributed by atoms with Crippen molar-refractivity contribution in [3.63, 3.8) is 0 Å². The number of allylic oxidation sites excluding steroid dienone is 2. The molecule has 0 atom stereocenters. The van der Waals surface area contributed by atoms with Gasteiger partial charge in [-0.1, -0.05) is 6.08 Å². The topological polar surface area (TPSA) is 12.4 Å². The van der Waals surface area contributed by atoms with E-state index < -0.39 is 0 Å². The lowest BCUT2D eigenvalue weighted by Crippen LogP contribution is -1.79. The summed E-state index contributed by atoms with van der Waals surface area (Å²) in [7, 11) is 0. The van der Waals surface area contributed by atoms with Gasteiger partial charge < -0.3 is 0 Å². The zero-order chi connectivity index (χ0) is 7.11. The first-order chi connectivity index (χ1) is 4.31. The predicted molar refractivity (Wildman–Crippen MR) is 38.2 cm³/mol. The first-order valence-electron chi connectivity index (χ1n) is 2.73. The van der Waals surface area contributed by atoms with E-state index in [-0.39, 0.29) is 0 Å². The van der Waals surface area contributed by atoms with Crippen molar-refractivity contribution in [1.29, 1.82) is 0 Å². The molecule has 0 aliphatic heterocycles. The molecular formula is C7H10FN. The summed E-state index contributed by atoms with van der Waals surface area (Å²) in [5.74, 6) is 0. The molecule has 0 aromatic heterocycles. The molecular weight excluding hydrogens is 117 g/mol. The van der Waals surface area contributed by atoms with Gasteiger partial charge in [-0.2, -0.15) is 0 Å². The molecule has 0 radical (unpaired) electrons. The molecule has 9 heavy (non-hydrogen) atoms. The lowest BCUT2D eigenvalue weighted by molar-refractivity contribution is 0.718. The van der Waals surface area contributed by atoms with Crippen molar-refractivity contribution in [1.82, 2.24) is 0 Å². The van der Waals surface area contributed by atoms with Crippen molar-refractivity contribution in [2.24, 2.45) is 4.99 Å². The van der Waals surface area contributed by atoms with Crippen molar-refractivity contribution in [2.45, 2.75) is 13.8 Å². The van der Waals surface area contributed by atoms with Crippen LogP contribution in [0.1, 0.15) is 13.8 Å². The van der Waals surface area contributed by atoms with Crippen LogP contribution in [0, 0.1) is 0 Å². The molecule has 2 heteroatoms. The van der Waals surface area contributed by atoms with Crippen LogP contribution in [-0.4, -0.2) is 5.71 Å². The largest absolute Gasteiger partial charge is 0.259 e. The molecule has 0 amide bonds. The number of rotatable bonds is 2. The van der Waals surface area contributed by atoms with E-state index >= 15 is 0 Å². The summed E-state index contributed by atoms with van der Waals surface area (Å²) >= 11 is 0. The van der Waals surface area contributed by atoms with Gasteiger partial charge in [0.2, 0.25) is 0 Å². The van der Waals surface area contributed by atoms with Crippen molar-refractivity contribution in [2.75, 3.05) is 0 Å². The van der Waals surface area contributed by atoms with Gasteiger partial charge in [-0.15, -0.1) is 0 Å². The fourth-order valence-corrected chi connectivity index (χ4v) is 0.430. The van der Waals surface area contributed by atoms with E-state index in [0.29, 0.717) is 6.33 Å². The highest BCUT2D eigenvalue weighted by atomic mass is 19.1. The van der Waals surface area contributed by atoms with E-state index in [0.717, 1.165) is 11.9 Å². The number of hydrogen-bond acceptors (Lipinski definition) is 1. The molecule has 0 N–H and O–H groups in total. The van der Waals surface area contributed by atoms with Gasteiger partial charge in [-0.3, -0.25) is 4.99 Å². The van der Waals surface area contributed by atoms with E-state index in [2.05, 4.69) is 4.99 Å². The highest BCUT2D eigenvalue weighted by Gasteiger charge is 1.75. The molecule has 0 aromatic rings. The molecule has 0 unspecified atom stereocenters. The summed E-state index contributed by atoms with van der Waals surface area (Å²) in [6.07, 6.45) is 5.19. The van der Waals surface area contributed by atoms with E-state index in [1.807, 2.05) is 13.0 Å². The van der Waals surface area contributed by atoms with Crippen LogP contribution in [0.3, 0.4) is 0 Å². The normalized spacial score (nSPS) is 13.9. The van der Waals surface area contributed by atoms with Gasteiger partial charge in [0.25, 0.3) is 0 Å². The molecule has 50 valence electrons. The Labute approximate surface area is 54.6 Å². The van der Waals surface area contributed by atoms with Gasteiger partial charge in [0.05, 0.1) is 6.20 Å². The first kappa shape index (κ1) is 8.08. The molecule has 0 aliphatic rings. The van der Waals surface area contributed by atoms with Crippen molar-refractivity contribution in [3.8, 4) is 0 Å². The van der Waals surface area contributed by atoms with Crippen LogP contribution in [0.2, 0.25) is 0 Å². The fraction of sp³-hybridized carbons (Fsp3) is 0.286. The Bertz CT molecular complexity index is 145. The second-order valence-electron chi connectivity index (χ2n) is 1.55. The van der Waals surface area contributed by atoms with Crippen LogP contribution in [-0.2, 0) is 0 Å². The SMILES string of the molecule is C\C=C/C(C)=N\C=C\F. The van der Waals surface area contributed by atoms with Crippen molar-refractivity contribution in [3.05, 3.63) is 24.7 Å². The van der Waals surface area contributed by atoms with Gasteiger partial charge in [-0.25, -0.2) is 4.39 Å². The summed E-state index contributed by atoms with van der Waals surface area (Å²) < 4.78 is 11.3. The van der Waals surface area contributed by atoms with E-state index in [9.17, 15) is 4.39 Å². The number of aliphatic imine (C=N–C) groups is 1. The van der Waals surface area contributed by atoms with E-state index in [4.69, 9.17) is 0 Å². The van der Waals surface area contributed by atoms with Gasteiger partial charge in [-0.05, 0) is 19.9 Å². The summed E-state index contributed by atoms with van der Waals surface area (Å²) in [5, 5.41) is 0. The maximum Gasteiger partial charge on any atom is 0.105 e. The third-order valence-corrected chi connectivity index (χ3v) is 0.742. The minimum absolute atomic E-state index is 0.410. The summed E-state index contributed by atoms with van der Waals surface area (Å²) in [5.41, 5.74) is 0.798. The van der Waals surface area contributed by atoms with Crippen molar-refractivity contribution >= 4 is 5.71 Å². The first-order valence-corrected chi connectivity index (χ1v) is 2.73. The minimum atomic E-state index is 0.410. The number of hydrogen-bond donors (Lipinski definition) is 0. The quantitative estimate of drug-likeness (QED) is 0.505. The van der Waals surface area contributed by atoms with Crippen LogP contribution >= 0.6 is 0 Å². The lowest BCUT2D eigenvalue weighted by Gasteiger charge is -1.82. The van der Waals surface area contributed by atoms with Gasteiger partial charge >= 0.3 is 0 Å². The lowest BCUT2D eigenvalue weighted by atomic mass is 10.4.